The molecule has 3 heterocycles. The number of rotatable bonds is 5. The Morgan fingerprint density at radius 1 is 1.30 bits per heavy atom. The van der Waals surface area contributed by atoms with Crippen molar-refractivity contribution in [3.05, 3.63) is 54.4 Å². The molecule has 0 aromatic carbocycles. The highest BCUT2D eigenvalue weighted by atomic mass is 16.5. The molecule has 0 radical (unpaired) electrons. The van der Waals surface area contributed by atoms with E-state index in [1.807, 2.05) is 18.2 Å². The van der Waals surface area contributed by atoms with Crippen LogP contribution in [0.15, 0.2) is 42.9 Å². The predicted molar refractivity (Wildman–Crippen MR) is 81.7 cm³/mol. The molecule has 118 valence electrons. The van der Waals surface area contributed by atoms with Crippen LogP contribution in [-0.4, -0.2) is 56.1 Å². The van der Waals surface area contributed by atoms with Gasteiger partial charge in [-0.2, -0.15) is 4.98 Å². The van der Waals surface area contributed by atoms with Gasteiger partial charge in [0.25, 0.3) is 11.7 Å². The molecule has 0 aliphatic carbocycles. The van der Waals surface area contributed by atoms with Crippen molar-refractivity contribution in [2.75, 3.05) is 20.8 Å². The van der Waals surface area contributed by atoms with E-state index in [0.717, 1.165) is 5.69 Å². The van der Waals surface area contributed by atoms with Crippen molar-refractivity contribution in [3.8, 4) is 0 Å². The topological polar surface area (TPSA) is 85.5 Å². The summed E-state index contributed by atoms with van der Waals surface area (Å²) in [5.41, 5.74) is 0.743. The minimum Gasteiger partial charge on any atom is -0.382 e. The first-order chi connectivity index (χ1) is 11.2. The maximum atomic E-state index is 12.7. The summed E-state index contributed by atoms with van der Waals surface area (Å²) in [5.74, 6) is 0.150. The fraction of sp³-hybridized carbons (Fsp3) is 0.267. The molecule has 0 aliphatic rings. The summed E-state index contributed by atoms with van der Waals surface area (Å²) in [4.78, 5) is 26.7. The molecule has 3 aromatic rings. The second-order valence-corrected chi connectivity index (χ2v) is 4.94. The van der Waals surface area contributed by atoms with Gasteiger partial charge in [0.2, 0.25) is 5.82 Å². The molecule has 23 heavy (non-hydrogen) atoms. The lowest BCUT2D eigenvalue weighted by Crippen LogP contribution is -2.35. The molecule has 0 aliphatic heterocycles. The summed E-state index contributed by atoms with van der Waals surface area (Å²) in [6.45, 7) is 0.324. The smallest absolute Gasteiger partial charge is 0.293 e. The highest BCUT2D eigenvalue weighted by molar-refractivity contribution is 5.91. The van der Waals surface area contributed by atoms with Crippen LogP contribution in [0.5, 0.6) is 0 Å². The molecule has 0 saturated carbocycles. The van der Waals surface area contributed by atoms with E-state index in [2.05, 4.69) is 20.1 Å². The third-order valence-corrected chi connectivity index (χ3v) is 3.45. The number of hydrogen-bond donors (Lipinski definition) is 0. The first-order valence-corrected chi connectivity index (χ1v) is 7.05. The summed E-state index contributed by atoms with van der Waals surface area (Å²) in [5, 5.41) is 4.16. The molecule has 1 atom stereocenters. The van der Waals surface area contributed by atoms with Crippen molar-refractivity contribution >= 4 is 11.7 Å². The van der Waals surface area contributed by atoms with Crippen LogP contribution in [-0.2, 0) is 4.74 Å². The maximum absolute atomic E-state index is 12.7. The largest absolute Gasteiger partial charge is 0.382 e. The fourth-order valence-electron chi connectivity index (χ4n) is 2.25. The van der Waals surface area contributed by atoms with E-state index in [1.165, 1.54) is 9.42 Å². The minimum absolute atomic E-state index is 0.0863. The first-order valence-electron chi connectivity index (χ1n) is 7.05. The molecular weight excluding hydrogens is 296 g/mol. The summed E-state index contributed by atoms with van der Waals surface area (Å²) in [6.07, 6.45) is 4.98. The van der Waals surface area contributed by atoms with E-state index in [1.54, 1.807) is 38.8 Å². The number of ether oxygens (including phenoxy) is 1. The Balaban J connectivity index is 1.89. The van der Waals surface area contributed by atoms with Crippen LogP contribution in [0.25, 0.3) is 5.78 Å². The molecule has 8 nitrogen and oxygen atoms in total. The lowest BCUT2D eigenvalue weighted by atomic mass is 10.1. The molecule has 0 saturated heterocycles. The van der Waals surface area contributed by atoms with Crippen LogP contribution in [0.4, 0.5) is 0 Å². The molecule has 3 rings (SSSR count). The highest BCUT2D eigenvalue weighted by Crippen LogP contribution is 2.19. The Morgan fingerprint density at radius 2 is 2.13 bits per heavy atom. The van der Waals surface area contributed by atoms with Crippen molar-refractivity contribution in [1.82, 2.24) is 29.5 Å². The predicted octanol–water partition coefficient (Wildman–Crippen LogP) is 0.979. The van der Waals surface area contributed by atoms with Crippen LogP contribution < -0.4 is 0 Å². The molecule has 1 amide bonds. The second-order valence-electron chi connectivity index (χ2n) is 4.94. The Bertz CT molecular complexity index is 771. The Hall–Kier alpha value is -2.87. The van der Waals surface area contributed by atoms with Gasteiger partial charge in [0, 0.05) is 32.7 Å². The average Bonchev–Trinajstić information content (AvgIpc) is 3.03. The molecule has 0 N–H and O–H groups in total. The molecule has 0 spiro atoms. The van der Waals surface area contributed by atoms with Crippen LogP contribution >= 0.6 is 0 Å². The number of carbonyl (C=O) groups is 1. The second kappa shape index (κ2) is 6.49. The lowest BCUT2D eigenvalue weighted by molar-refractivity contribution is 0.0584. The molecule has 0 bridgehead atoms. The third-order valence-electron chi connectivity index (χ3n) is 3.45. The number of hydrogen-bond acceptors (Lipinski definition) is 6. The number of methoxy groups -OCH3 is 1. The quantitative estimate of drug-likeness (QED) is 0.698. The standard InChI is InChI=1S/C15H16N6O2/c1-20(12(10-23-2)11-6-3-4-7-16-11)14(22)13-18-15-17-8-5-9-21(15)19-13/h3-9,12H,10H2,1-2H3. The van der Waals surface area contributed by atoms with E-state index in [9.17, 15) is 4.79 Å². The molecule has 1 unspecified atom stereocenters. The molecule has 3 aromatic heterocycles. The number of aromatic nitrogens is 5. The van der Waals surface area contributed by atoms with Crippen molar-refractivity contribution in [2.24, 2.45) is 0 Å². The van der Waals surface area contributed by atoms with Crippen LogP contribution in [0.3, 0.4) is 0 Å². The summed E-state index contributed by atoms with van der Waals surface area (Å²) >= 11 is 0. The van der Waals surface area contributed by atoms with Gasteiger partial charge in [0.15, 0.2) is 0 Å². The summed E-state index contributed by atoms with van der Waals surface area (Å²) in [7, 11) is 3.27. The van der Waals surface area contributed by atoms with E-state index >= 15 is 0 Å². The monoisotopic (exact) mass is 312 g/mol. The van der Waals surface area contributed by atoms with Crippen LogP contribution in [0, 0.1) is 0 Å². The van der Waals surface area contributed by atoms with Crippen LogP contribution in [0.1, 0.15) is 22.4 Å². The maximum Gasteiger partial charge on any atom is 0.293 e. The van der Waals surface area contributed by atoms with Gasteiger partial charge in [-0.25, -0.2) is 9.50 Å². The Kier molecular flexibility index (Phi) is 4.24. The van der Waals surface area contributed by atoms with Crippen molar-refractivity contribution < 1.29 is 9.53 Å². The van der Waals surface area contributed by atoms with E-state index < -0.39 is 0 Å². The fourth-order valence-corrected chi connectivity index (χ4v) is 2.25. The molecular formula is C15H16N6O2. The highest BCUT2D eigenvalue weighted by Gasteiger charge is 2.26. The van der Waals surface area contributed by atoms with E-state index in [-0.39, 0.29) is 17.8 Å². The number of likely N-dealkylation sites (N-methyl/N-ethyl adjacent to an activating group) is 1. The Morgan fingerprint density at radius 3 is 2.83 bits per heavy atom. The van der Waals surface area contributed by atoms with Gasteiger partial charge in [-0.3, -0.25) is 9.78 Å². The average molecular weight is 312 g/mol. The van der Waals surface area contributed by atoms with E-state index in [0.29, 0.717) is 12.4 Å². The number of amides is 1. The molecule has 8 heteroatoms. The van der Waals surface area contributed by atoms with Gasteiger partial charge < -0.3 is 9.64 Å². The molecule has 0 fully saturated rings. The number of pyridine rings is 1. The number of fused-ring (bicyclic) bond motifs is 1. The van der Waals surface area contributed by atoms with Gasteiger partial charge in [0.1, 0.15) is 0 Å². The van der Waals surface area contributed by atoms with Gasteiger partial charge >= 0.3 is 0 Å². The zero-order valence-electron chi connectivity index (χ0n) is 12.8. The summed E-state index contributed by atoms with van der Waals surface area (Å²) < 4.78 is 6.70. The van der Waals surface area contributed by atoms with E-state index in [4.69, 9.17) is 4.74 Å². The van der Waals surface area contributed by atoms with Crippen molar-refractivity contribution in [1.29, 1.82) is 0 Å². The van der Waals surface area contributed by atoms with Gasteiger partial charge in [-0.15, -0.1) is 5.10 Å². The number of nitrogens with zero attached hydrogens (tertiary/aromatic N) is 6. The minimum atomic E-state index is -0.326. The van der Waals surface area contributed by atoms with Gasteiger partial charge in [-0.05, 0) is 18.2 Å². The zero-order valence-corrected chi connectivity index (χ0v) is 12.8. The number of carbonyl (C=O) groups excluding carboxylic acids is 1. The third kappa shape index (κ3) is 3.02. The van der Waals surface area contributed by atoms with Crippen molar-refractivity contribution in [3.63, 3.8) is 0 Å². The van der Waals surface area contributed by atoms with Gasteiger partial charge in [0.05, 0.1) is 18.3 Å². The van der Waals surface area contributed by atoms with Crippen molar-refractivity contribution in [2.45, 2.75) is 6.04 Å². The van der Waals surface area contributed by atoms with Gasteiger partial charge in [-0.1, -0.05) is 6.07 Å². The Labute approximate surface area is 132 Å². The SMILES string of the molecule is COCC(c1ccccn1)N(C)C(=O)c1nc2ncccn2n1. The normalized spacial score (nSPS) is 12.3. The van der Waals surface area contributed by atoms with Crippen LogP contribution in [0.2, 0.25) is 0 Å². The summed E-state index contributed by atoms with van der Waals surface area (Å²) in [6, 6.07) is 6.95. The zero-order chi connectivity index (χ0) is 16.2. The lowest BCUT2D eigenvalue weighted by Gasteiger charge is -2.26. The first kappa shape index (κ1) is 15.0.